The van der Waals surface area contributed by atoms with Crippen molar-refractivity contribution < 1.29 is 9.53 Å². The Bertz CT molecular complexity index is 479. The average Bonchev–Trinajstić information content (AvgIpc) is 2.45. The molecule has 0 aliphatic carbocycles. The van der Waals surface area contributed by atoms with E-state index >= 15 is 0 Å². The Hall–Kier alpha value is -1.07. The molecule has 4 nitrogen and oxygen atoms in total. The van der Waals surface area contributed by atoms with Gasteiger partial charge in [-0.05, 0) is 37.1 Å². The molecule has 1 fully saturated rings. The Morgan fingerprint density at radius 2 is 2.35 bits per heavy atom. The summed E-state index contributed by atoms with van der Waals surface area (Å²) in [6.45, 7) is 4.65. The number of ether oxygens (including phenoxy) is 1. The lowest BCUT2D eigenvalue weighted by atomic mass is 10.1. The summed E-state index contributed by atoms with van der Waals surface area (Å²) in [6.07, 6.45) is 1.23. The Kier molecular flexibility index (Phi) is 5.43. The first kappa shape index (κ1) is 15.3. The van der Waals surface area contributed by atoms with Crippen molar-refractivity contribution in [3.05, 3.63) is 28.2 Å². The van der Waals surface area contributed by atoms with Gasteiger partial charge in [-0.3, -0.25) is 4.79 Å². The molecule has 0 saturated carbocycles. The number of halogens is 1. The molecule has 0 radical (unpaired) electrons. The summed E-state index contributed by atoms with van der Waals surface area (Å²) in [6, 6.07) is 6.17. The number of hydrogen-bond acceptors (Lipinski definition) is 3. The number of aryl methyl sites for hydroxylation is 1. The van der Waals surface area contributed by atoms with E-state index in [-0.39, 0.29) is 11.9 Å². The summed E-state index contributed by atoms with van der Waals surface area (Å²) >= 11 is 3.46. The molecular weight excluding hydrogens is 320 g/mol. The third kappa shape index (κ3) is 3.73. The van der Waals surface area contributed by atoms with Crippen LogP contribution in [0, 0.1) is 0 Å². The second kappa shape index (κ2) is 7.09. The molecule has 0 spiro atoms. The maximum absolute atomic E-state index is 12.3. The highest BCUT2D eigenvalue weighted by molar-refractivity contribution is 9.10. The summed E-state index contributed by atoms with van der Waals surface area (Å²) in [5.41, 5.74) is 1.07. The molecule has 0 unspecified atom stereocenters. The Balaban J connectivity index is 1.97. The van der Waals surface area contributed by atoms with Gasteiger partial charge in [-0.25, -0.2) is 0 Å². The van der Waals surface area contributed by atoms with Crippen molar-refractivity contribution in [2.75, 3.05) is 26.7 Å². The average molecular weight is 341 g/mol. The van der Waals surface area contributed by atoms with Gasteiger partial charge in [-0.15, -0.1) is 0 Å². The van der Waals surface area contributed by atoms with Crippen molar-refractivity contribution >= 4 is 21.8 Å². The number of rotatable bonds is 4. The fraction of sp³-hybridized carbons (Fsp3) is 0.533. The van der Waals surface area contributed by atoms with Crippen LogP contribution < -0.4 is 10.1 Å². The van der Waals surface area contributed by atoms with Gasteiger partial charge >= 0.3 is 0 Å². The van der Waals surface area contributed by atoms with E-state index in [1.807, 2.05) is 23.1 Å². The topological polar surface area (TPSA) is 41.6 Å². The first-order valence-electron chi connectivity index (χ1n) is 6.94. The second-order valence-electron chi connectivity index (χ2n) is 5.10. The summed E-state index contributed by atoms with van der Waals surface area (Å²) in [5, 5.41) is 3.30. The highest BCUT2D eigenvalue weighted by Gasteiger charge is 2.22. The van der Waals surface area contributed by atoms with E-state index in [9.17, 15) is 4.79 Å². The second-order valence-corrected chi connectivity index (χ2v) is 6.01. The summed E-state index contributed by atoms with van der Waals surface area (Å²) < 4.78 is 6.35. The monoisotopic (exact) mass is 340 g/mol. The molecular formula is C15H21BrN2O2. The Morgan fingerprint density at radius 3 is 3.05 bits per heavy atom. The largest absolute Gasteiger partial charge is 0.496 e. The van der Waals surface area contributed by atoms with Crippen molar-refractivity contribution in [1.82, 2.24) is 10.2 Å². The van der Waals surface area contributed by atoms with Crippen molar-refractivity contribution in [2.24, 2.45) is 0 Å². The van der Waals surface area contributed by atoms with Crippen LogP contribution in [0.1, 0.15) is 18.9 Å². The minimum atomic E-state index is 0.223. The molecule has 1 aliphatic rings. The van der Waals surface area contributed by atoms with Crippen molar-refractivity contribution in [3.63, 3.8) is 0 Å². The molecule has 1 aromatic rings. The van der Waals surface area contributed by atoms with Gasteiger partial charge in [-0.2, -0.15) is 0 Å². The van der Waals surface area contributed by atoms with Gasteiger partial charge in [0.05, 0.1) is 7.11 Å². The minimum Gasteiger partial charge on any atom is -0.496 e. The van der Waals surface area contributed by atoms with Gasteiger partial charge in [-0.1, -0.05) is 15.9 Å². The maximum Gasteiger partial charge on any atom is 0.223 e. The smallest absolute Gasteiger partial charge is 0.223 e. The predicted molar refractivity (Wildman–Crippen MR) is 83.1 cm³/mol. The lowest BCUT2D eigenvalue weighted by Gasteiger charge is -2.34. The zero-order chi connectivity index (χ0) is 14.5. The number of carbonyl (C=O) groups is 1. The fourth-order valence-corrected chi connectivity index (χ4v) is 2.95. The van der Waals surface area contributed by atoms with Crippen LogP contribution in [0.2, 0.25) is 0 Å². The summed E-state index contributed by atoms with van der Waals surface area (Å²) in [4.78, 5) is 14.3. The summed E-state index contributed by atoms with van der Waals surface area (Å²) in [7, 11) is 1.66. The third-order valence-corrected chi connectivity index (χ3v) is 4.17. The Morgan fingerprint density at radius 1 is 1.55 bits per heavy atom. The molecule has 1 heterocycles. The number of nitrogens with zero attached hydrogens (tertiary/aromatic N) is 1. The number of piperazine rings is 1. The quantitative estimate of drug-likeness (QED) is 0.913. The van der Waals surface area contributed by atoms with E-state index in [2.05, 4.69) is 28.2 Å². The number of amides is 1. The number of carbonyl (C=O) groups excluding carboxylic acids is 1. The SMILES string of the molecule is COc1ccc(Br)cc1CCC(=O)N1CCNC[C@H]1C. The molecule has 1 amide bonds. The number of benzene rings is 1. The molecule has 0 aromatic heterocycles. The first-order valence-corrected chi connectivity index (χ1v) is 7.73. The molecule has 2 rings (SSSR count). The highest BCUT2D eigenvalue weighted by Crippen LogP contribution is 2.24. The van der Waals surface area contributed by atoms with Gasteiger partial charge in [0.1, 0.15) is 5.75 Å². The molecule has 1 N–H and O–H groups in total. The molecule has 20 heavy (non-hydrogen) atoms. The van der Waals surface area contributed by atoms with Gasteiger partial charge in [0.2, 0.25) is 5.91 Å². The van der Waals surface area contributed by atoms with Crippen LogP contribution in [0.3, 0.4) is 0 Å². The van der Waals surface area contributed by atoms with Crippen molar-refractivity contribution in [1.29, 1.82) is 0 Å². The lowest BCUT2D eigenvalue weighted by Crippen LogP contribution is -2.52. The van der Waals surface area contributed by atoms with Gasteiger partial charge in [0, 0.05) is 36.6 Å². The van der Waals surface area contributed by atoms with E-state index in [4.69, 9.17) is 4.74 Å². The molecule has 5 heteroatoms. The zero-order valence-corrected chi connectivity index (χ0v) is 13.6. The molecule has 1 atom stereocenters. The summed E-state index contributed by atoms with van der Waals surface area (Å²) in [5.74, 6) is 1.07. The van der Waals surface area contributed by atoms with Gasteiger partial charge in [0.25, 0.3) is 0 Å². The predicted octanol–water partition coefficient (Wildman–Crippen LogP) is 2.21. The standard InChI is InChI=1S/C15H21BrN2O2/c1-11-10-17-7-8-18(11)15(19)6-3-12-9-13(16)4-5-14(12)20-2/h4-5,9,11,17H,3,6-8,10H2,1-2H3/t11-/m1/s1. The highest BCUT2D eigenvalue weighted by atomic mass is 79.9. The Labute approximate surface area is 128 Å². The number of nitrogens with one attached hydrogen (secondary N) is 1. The van der Waals surface area contributed by atoms with Crippen LogP contribution in [0.5, 0.6) is 5.75 Å². The molecule has 1 aliphatic heterocycles. The molecule has 1 saturated heterocycles. The zero-order valence-electron chi connectivity index (χ0n) is 12.0. The van der Waals surface area contributed by atoms with Crippen LogP contribution in [0.25, 0.3) is 0 Å². The molecule has 110 valence electrons. The van der Waals surface area contributed by atoms with Crippen LogP contribution >= 0.6 is 15.9 Å². The molecule has 1 aromatic carbocycles. The normalized spacial score (nSPS) is 18.9. The van der Waals surface area contributed by atoms with E-state index in [1.54, 1.807) is 7.11 Å². The number of methoxy groups -OCH3 is 1. The maximum atomic E-state index is 12.3. The van der Waals surface area contributed by atoms with E-state index < -0.39 is 0 Å². The lowest BCUT2D eigenvalue weighted by molar-refractivity contribution is -0.133. The van der Waals surface area contributed by atoms with Crippen LogP contribution in [-0.2, 0) is 11.2 Å². The first-order chi connectivity index (χ1) is 9.61. The third-order valence-electron chi connectivity index (χ3n) is 3.67. The van der Waals surface area contributed by atoms with Crippen molar-refractivity contribution in [2.45, 2.75) is 25.8 Å². The van der Waals surface area contributed by atoms with E-state index in [0.29, 0.717) is 12.8 Å². The van der Waals surface area contributed by atoms with Crippen LogP contribution in [0.4, 0.5) is 0 Å². The van der Waals surface area contributed by atoms with Gasteiger partial charge < -0.3 is 15.0 Å². The van der Waals surface area contributed by atoms with Crippen molar-refractivity contribution in [3.8, 4) is 5.75 Å². The van der Waals surface area contributed by atoms with E-state index in [0.717, 1.165) is 35.4 Å². The molecule has 0 bridgehead atoms. The minimum absolute atomic E-state index is 0.223. The number of hydrogen-bond donors (Lipinski definition) is 1. The fourth-order valence-electron chi connectivity index (χ4n) is 2.54. The van der Waals surface area contributed by atoms with Crippen LogP contribution in [0.15, 0.2) is 22.7 Å². The van der Waals surface area contributed by atoms with Crippen LogP contribution in [-0.4, -0.2) is 43.6 Å². The van der Waals surface area contributed by atoms with E-state index in [1.165, 1.54) is 0 Å². The van der Waals surface area contributed by atoms with Gasteiger partial charge in [0.15, 0.2) is 0 Å².